The number of nitrogens with one attached hydrogen (secondary N) is 1. The third-order valence-corrected chi connectivity index (χ3v) is 2.47. The minimum Gasteiger partial charge on any atom is -0.392 e. The minimum absolute atomic E-state index is 0.0348. The van der Waals surface area contributed by atoms with Gasteiger partial charge in [-0.05, 0) is 12.0 Å². The van der Waals surface area contributed by atoms with Crippen LogP contribution in [-0.2, 0) is 4.79 Å². The molecular weight excluding hydrogens is 178 g/mol. The van der Waals surface area contributed by atoms with Crippen molar-refractivity contribution in [3.63, 3.8) is 0 Å². The lowest BCUT2D eigenvalue weighted by Gasteiger charge is -2.27. The maximum atomic E-state index is 11.2. The molecule has 1 amide bonds. The van der Waals surface area contributed by atoms with Gasteiger partial charge in [-0.1, -0.05) is 30.3 Å². The lowest BCUT2D eigenvalue weighted by molar-refractivity contribution is -0.126. The monoisotopic (exact) mass is 191 g/mol. The molecule has 0 bridgehead atoms. The highest BCUT2D eigenvalue weighted by molar-refractivity contribution is 5.77. The topological polar surface area (TPSA) is 49.3 Å². The summed E-state index contributed by atoms with van der Waals surface area (Å²) >= 11 is 0. The standard InChI is InChI=1S/C11H13NO2/c13-9-6-10(12-11(14)7-9)8-4-2-1-3-5-8/h1-5,9-10,13H,6-7H2,(H,12,14)/t9-,10-/m0/s1. The molecule has 3 heteroatoms. The maximum Gasteiger partial charge on any atom is 0.223 e. The van der Waals surface area contributed by atoms with Gasteiger partial charge in [-0.15, -0.1) is 0 Å². The summed E-state index contributed by atoms with van der Waals surface area (Å²) in [6.07, 6.45) is 0.327. The van der Waals surface area contributed by atoms with Crippen LogP contribution in [0.1, 0.15) is 24.4 Å². The third-order valence-electron chi connectivity index (χ3n) is 2.47. The Hall–Kier alpha value is -1.35. The van der Waals surface area contributed by atoms with Gasteiger partial charge in [0.2, 0.25) is 5.91 Å². The number of benzene rings is 1. The summed E-state index contributed by atoms with van der Waals surface area (Å²) in [6.45, 7) is 0. The van der Waals surface area contributed by atoms with Crippen LogP contribution >= 0.6 is 0 Å². The fourth-order valence-corrected chi connectivity index (χ4v) is 1.79. The number of amides is 1. The van der Waals surface area contributed by atoms with Gasteiger partial charge < -0.3 is 10.4 Å². The van der Waals surface area contributed by atoms with Crippen LogP contribution in [0.4, 0.5) is 0 Å². The molecular formula is C11H13NO2. The van der Waals surface area contributed by atoms with Crippen molar-refractivity contribution < 1.29 is 9.90 Å². The van der Waals surface area contributed by atoms with Crippen LogP contribution in [0.2, 0.25) is 0 Å². The number of carbonyl (C=O) groups excluding carboxylic acids is 1. The van der Waals surface area contributed by atoms with Crippen molar-refractivity contribution in [3.05, 3.63) is 35.9 Å². The van der Waals surface area contributed by atoms with Gasteiger partial charge in [0.15, 0.2) is 0 Å². The molecule has 0 radical (unpaired) electrons. The van der Waals surface area contributed by atoms with Crippen molar-refractivity contribution in [1.29, 1.82) is 0 Å². The number of aliphatic hydroxyl groups excluding tert-OH is 1. The molecule has 1 fully saturated rings. The number of hydrogen-bond donors (Lipinski definition) is 2. The Morgan fingerprint density at radius 1 is 1.29 bits per heavy atom. The zero-order valence-corrected chi connectivity index (χ0v) is 7.81. The van der Waals surface area contributed by atoms with E-state index >= 15 is 0 Å². The fraction of sp³-hybridized carbons (Fsp3) is 0.364. The average Bonchev–Trinajstić information content (AvgIpc) is 2.18. The Balaban J connectivity index is 2.15. The van der Waals surface area contributed by atoms with Crippen LogP contribution in [-0.4, -0.2) is 17.1 Å². The first-order valence-corrected chi connectivity index (χ1v) is 4.78. The molecule has 1 saturated heterocycles. The van der Waals surface area contributed by atoms with Gasteiger partial charge in [0.25, 0.3) is 0 Å². The van der Waals surface area contributed by atoms with Gasteiger partial charge in [-0.2, -0.15) is 0 Å². The van der Waals surface area contributed by atoms with Crippen molar-refractivity contribution in [3.8, 4) is 0 Å². The summed E-state index contributed by atoms with van der Waals surface area (Å²) in [5.41, 5.74) is 1.06. The van der Waals surface area contributed by atoms with E-state index in [1.165, 1.54) is 0 Å². The van der Waals surface area contributed by atoms with Gasteiger partial charge in [0, 0.05) is 0 Å². The van der Waals surface area contributed by atoms with Gasteiger partial charge in [0.05, 0.1) is 18.6 Å². The second-order valence-electron chi connectivity index (χ2n) is 3.62. The van der Waals surface area contributed by atoms with Crippen LogP contribution in [0.15, 0.2) is 30.3 Å². The second kappa shape index (κ2) is 3.80. The average molecular weight is 191 g/mol. The Morgan fingerprint density at radius 3 is 2.64 bits per heavy atom. The van der Waals surface area contributed by atoms with Crippen molar-refractivity contribution in [2.45, 2.75) is 25.0 Å². The SMILES string of the molecule is O=C1C[C@@H](O)C[C@@H](c2ccccc2)N1. The number of piperidine rings is 1. The molecule has 0 unspecified atom stereocenters. The Bertz CT molecular complexity index is 323. The molecule has 1 heterocycles. The summed E-state index contributed by atoms with van der Waals surface area (Å²) < 4.78 is 0. The highest BCUT2D eigenvalue weighted by Crippen LogP contribution is 2.23. The van der Waals surface area contributed by atoms with Crippen LogP contribution < -0.4 is 5.32 Å². The first kappa shape index (κ1) is 9.21. The Morgan fingerprint density at radius 2 is 2.00 bits per heavy atom. The fourth-order valence-electron chi connectivity index (χ4n) is 1.79. The molecule has 2 N–H and O–H groups in total. The second-order valence-corrected chi connectivity index (χ2v) is 3.62. The predicted molar refractivity (Wildman–Crippen MR) is 52.6 cm³/mol. The van der Waals surface area contributed by atoms with Gasteiger partial charge >= 0.3 is 0 Å². The van der Waals surface area contributed by atoms with Crippen LogP contribution in [0.3, 0.4) is 0 Å². The lowest BCUT2D eigenvalue weighted by atomic mass is 9.95. The van der Waals surface area contributed by atoms with Crippen molar-refractivity contribution in [1.82, 2.24) is 5.32 Å². The molecule has 0 aromatic heterocycles. The molecule has 2 rings (SSSR count). The normalized spacial score (nSPS) is 27.1. The van der Waals surface area contributed by atoms with Crippen LogP contribution in [0, 0.1) is 0 Å². The molecule has 1 aromatic carbocycles. The van der Waals surface area contributed by atoms with Gasteiger partial charge in [-0.25, -0.2) is 0 Å². The highest BCUT2D eigenvalue weighted by atomic mass is 16.3. The van der Waals surface area contributed by atoms with Gasteiger partial charge in [0.1, 0.15) is 0 Å². The van der Waals surface area contributed by atoms with Gasteiger partial charge in [-0.3, -0.25) is 4.79 Å². The largest absolute Gasteiger partial charge is 0.392 e. The molecule has 14 heavy (non-hydrogen) atoms. The first-order valence-electron chi connectivity index (χ1n) is 4.78. The number of aliphatic hydroxyl groups is 1. The zero-order chi connectivity index (χ0) is 9.97. The van der Waals surface area contributed by atoms with E-state index in [1.807, 2.05) is 30.3 Å². The zero-order valence-electron chi connectivity index (χ0n) is 7.81. The van der Waals surface area contributed by atoms with Crippen molar-refractivity contribution >= 4 is 5.91 Å². The lowest BCUT2D eigenvalue weighted by Crippen LogP contribution is -2.38. The van der Waals surface area contributed by atoms with E-state index in [-0.39, 0.29) is 18.4 Å². The summed E-state index contributed by atoms with van der Waals surface area (Å²) in [4.78, 5) is 11.2. The Labute approximate surface area is 82.8 Å². The molecule has 74 valence electrons. The summed E-state index contributed by atoms with van der Waals surface area (Å²) in [7, 11) is 0. The summed E-state index contributed by atoms with van der Waals surface area (Å²) in [5.74, 6) is -0.0717. The molecule has 2 atom stereocenters. The van der Waals surface area contributed by atoms with Crippen LogP contribution in [0.5, 0.6) is 0 Å². The van der Waals surface area contributed by atoms with Crippen molar-refractivity contribution in [2.24, 2.45) is 0 Å². The number of carbonyl (C=O) groups is 1. The minimum atomic E-state index is -0.506. The third kappa shape index (κ3) is 1.93. The van der Waals surface area contributed by atoms with E-state index < -0.39 is 6.10 Å². The number of hydrogen-bond acceptors (Lipinski definition) is 2. The summed E-state index contributed by atoms with van der Waals surface area (Å²) in [5, 5.41) is 12.3. The molecule has 1 aliphatic rings. The molecule has 1 aromatic rings. The van der Waals surface area contributed by atoms with E-state index in [4.69, 9.17) is 0 Å². The Kier molecular flexibility index (Phi) is 2.50. The van der Waals surface area contributed by atoms with Crippen LogP contribution in [0.25, 0.3) is 0 Å². The van der Waals surface area contributed by atoms with E-state index in [2.05, 4.69) is 5.32 Å². The van der Waals surface area contributed by atoms with E-state index in [0.717, 1.165) is 5.56 Å². The predicted octanol–water partition coefficient (Wildman–Crippen LogP) is 0.999. The molecule has 0 spiro atoms. The quantitative estimate of drug-likeness (QED) is 0.695. The highest BCUT2D eigenvalue weighted by Gasteiger charge is 2.25. The van der Waals surface area contributed by atoms with E-state index in [1.54, 1.807) is 0 Å². The van der Waals surface area contributed by atoms with E-state index in [9.17, 15) is 9.90 Å². The maximum absolute atomic E-state index is 11.2. The molecule has 3 nitrogen and oxygen atoms in total. The van der Waals surface area contributed by atoms with Crippen molar-refractivity contribution in [2.75, 3.05) is 0 Å². The summed E-state index contributed by atoms with van der Waals surface area (Å²) in [6, 6.07) is 9.69. The molecule has 1 aliphatic heterocycles. The smallest absolute Gasteiger partial charge is 0.223 e. The molecule has 0 saturated carbocycles. The molecule has 0 aliphatic carbocycles. The number of rotatable bonds is 1. The van der Waals surface area contributed by atoms with E-state index in [0.29, 0.717) is 6.42 Å². The first-order chi connectivity index (χ1) is 6.75.